The van der Waals surface area contributed by atoms with E-state index >= 15 is 4.39 Å². The van der Waals surface area contributed by atoms with Gasteiger partial charge in [0.15, 0.2) is 0 Å². The highest BCUT2D eigenvalue weighted by molar-refractivity contribution is 6.17. The number of hydrogen-bond acceptors (Lipinski definition) is 4. The molecule has 1 N–H and O–H groups in total. The fraction of sp³-hybridized carbons (Fsp3) is 0.308. The molecule has 184 valence electrons. The van der Waals surface area contributed by atoms with E-state index in [1.54, 1.807) is 31.2 Å². The molecule has 3 aromatic carbocycles. The van der Waals surface area contributed by atoms with Gasteiger partial charge < -0.3 is 19.5 Å². The fourth-order valence-electron chi connectivity index (χ4n) is 4.45. The average molecular weight is 487 g/mol. The van der Waals surface area contributed by atoms with E-state index in [1.807, 2.05) is 6.92 Å². The largest absolute Gasteiger partial charge is 0.492 e. The molecule has 4 rings (SSSR count). The minimum Gasteiger partial charge on any atom is -0.492 e. The van der Waals surface area contributed by atoms with Crippen LogP contribution in [-0.4, -0.2) is 30.2 Å². The SMILES string of the molecule is CCCOc1c2c(c(OC(F)F)c3ccccc13)CN(c1ccc(C(CC)C(=O)O)cc1F)C2=O. The monoisotopic (exact) mass is 487 g/mol. The standard InChI is InChI=1S/C26H24F3NO5/c1-3-11-34-23-17-8-6-5-7-16(17)22(35-26(28)29)18-13-30(24(31)21(18)23)20-10-9-14(12-19(20)27)15(4-2)25(32)33/h5-10,12,15,26H,3-4,11,13H2,1-2H3,(H,32,33). The molecular formula is C26H24F3NO5. The van der Waals surface area contributed by atoms with Gasteiger partial charge in [0.05, 0.1) is 30.3 Å². The Balaban J connectivity index is 1.86. The van der Waals surface area contributed by atoms with Crippen LogP contribution in [0, 0.1) is 5.82 Å². The number of nitrogens with zero attached hydrogens (tertiary/aromatic N) is 1. The zero-order valence-corrected chi connectivity index (χ0v) is 19.2. The lowest BCUT2D eigenvalue weighted by Crippen LogP contribution is -2.24. The Labute approximate surface area is 199 Å². The molecule has 35 heavy (non-hydrogen) atoms. The summed E-state index contributed by atoms with van der Waals surface area (Å²) in [5.41, 5.74) is 0.405. The van der Waals surface area contributed by atoms with Gasteiger partial charge in [0.25, 0.3) is 5.91 Å². The number of fused-ring (bicyclic) bond motifs is 2. The van der Waals surface area contributed by atoms with Crippen LogP contribution in [0.4, 0.5) is 18.9 Å². The van der Waals surface area contributed by atoms with Crippen molar-refractivity contribution in [3.8, 4) is 11.5 Å². The summed E-state index contributed by atoms with van der Waals surface area (Å²) >= 11 is 0. The Kier molecular flexibility index (Phi) is 6.86. The summed E-state index contributed by atoms with van der Waals surface area (Å²) in [6.07, 6.45) is 0.913. The Hall–Kier alpha value is -3.75. The summed E-state index contributed by atoms with van der Waals surface area (Å²) in [4.78, 5) is 26.1. The molecule has 3 aromatic rings. The topological polar surface area (TPSA) is 76.1 Å². The highest BCUT2D eigenvalue weighted by Crippen LogP contribution is 2.47. The Bertz CT molecular complexity index is 1290. The number of amides is 1. The van der Waals surface area contributed by atoms with Gasteiger partial charge >= 0.3 is 12.6 Å². The van der Waals surface area contributed by atoms with E-state index in [2.05, 4.69) is 0 Å². The number of carbonyl (C=O) groups excluding carboxylic acids is 1. The van der Waals surface area contributed by atoms with E-state index in [0.29, 0.717) is 17.2 Å². The van der Waals surface area contributed by atoms with Gasteiger partial charge in [-0.05, 0) is 30.5 Å². The maximum atomic E-state index is 15.2. The summed E-state index contributed by atoms with van der Waals surface area (Å²) < 4.78 is 52.7. The minimum atomic E-state index is -3.13. The van der Waals surface area contributed by atoms with Crippen molar-refractivity contribution in [1.82, 2.24) is 0 Å². The van der Waals surface area contributed by atoms with Crippen molar-refractivity contribution in [2.24, 2.45) is 0 Å². The molecule has 0 bridgehead atoms. The van der Waals surface area contributed by atoms with Crippen LogP contribution in [0.5, 0.6) is 11.5 Å². The number of alkyl halides is 2. The number of carbonyl (C=O) groups is 2. The summed E-state index contributed by atoms with van der Waals surface area (Å²) in [6, 6.07) is 10.5. The molecule has 9 heteroatoms. The van der Waals surface area contributed by atoms with Crippen LogP contribution < -0.4 is 14.4 Å². The highest BCUT2D eigenvalue weighted by Gasteiger charge is 2.38. The number of anilines is 1. The zero-order valence-electron chi connectivity index (χ0n) is 19.2. The van der Waals surface area contributed by atoms with Crippen molar-refractivity contribution in [2.45, 2.75) is 45.8 Å². The Morgan fingerprint density at radius 1 is 1.11 bits per heavy atom. The van der Waals surface area contributed by atoms with Gasteiger partial charge in [0.1, 0.15) is 17.3 Å². The first kappa shape index (κ1) is 24.4. The van der Waals surface area contributed by atoms with Gasteiger partial charge in [-0.3, -0.25) is 9.59 Å². The van der Waals surface area contributed by atoms with Gasteiger partial charge in [0, 0.05) is 16.3 Å². The van der Waals surface area contributed by atoms with Crippen molar-refractivity contribution in [3.63, 3.8) is 0 Å². The number of hydrogen-bond donors (Lipinski definition) is 1. The van der Waals surface area contributed by atoms with Gasteiger partial charge in [0.2, 0.25) is 0 Å². The lowest BCUT2D eigenvalue weighted by Gasteiger charge is -2.19. The van der Waals surface area contributed by atoms with Crippen LogP contribution >= 0.6 is 0 Å². The first-order chi connectivity index (χ1) is 16.8. The number of halogens is 3. The first-order valence-corrected chi connectivity index (χ1v) is 11.3. The van der Waals surface area contributed by atoms with Gasteiger partial charge in [-0.1, -0.05) is 44.2 Å². The lowest BCUT2D eigenvalue weighted by molar-refractivity contribution is -0.138. The Morgan fingerprint density at radius 3 is 2.37 bits per heavy atom. The van der Waals surface area contributed by atoms with Crippen LogP contribution in [0.1, 0.15) is 54.1 Å². The molecule has 0 radical (unpaired) electrons. The molecule has 0 saturated carbocycles. The number of ether oxygens (including phenoxy) is 2. The third kappa shape index (κ3) is 4.38. The molecule has 1 atom stereocenters. The van der Waals surface area contributed by atoms with Gasteiger partial charge in [-0.25, -0.2) is 4.39 Å². The van der Waals surface area contributed by atoms with Crippen molar-refractivity contribution in [1.29, 1.82) is 0 Å². The quantitative estimate of drug-likeness (QED) is 0.394. The van der Waals surface area contributed by atoms with E-state index < -0.39 is 30.2 Å². The third-order valence-corrected chi connectivity index (χ3v) is 6.02. The predicted molar refractivity (Wildman–Crippen MR) is 124 cm³/mol. The molecule has 0 fully saturated rings. The number of aliphatic carboxylic acids is 1. The maximum Gasteiger partial charge on any atom is 0.387 e. The molecule has 0 saturated heterocycles. The smallest absolute Gasteiger partial charge is 0.387 e. The molecule has 1 heterocycles. The molecule has 1 aliphatic heterocycles. The summed E-state index contributed by atoms with van der Waals surface area (Å²) in [5.74, 6) is -3.30. The van der Waals surface area contributed by atoms with Gasteiger partial charge in [-0.2, -0.15) is 8.78 Å². The molecule has 0 aromatic heterocycles. The van der Waals surface area contributed by atoms with E-state index in [1.165, 1.54) is 12.1 Å². The molecule has 1 amide bonds. The second-order valence-electron chi connectivity index (χ2n) is 8.19. The van der Waals surface area contributed by atoms with E-state index in [9.17, 15) is 23.5 Å². The molecule has 0 spiro atoms. The summed E-state index contributed by atoms with van der Waals surface area (Å²) in [7, 11) is 0. The molecule has 1 unspecified atom stereocenters. The fourth-order valence-corrected chi connectivity index (χ4v) is 4.45. The van der Waals surface area contributed by atoms with E-state index in [4.69, 9.17) is 9.47 Å². The normalized spacial score (nSPS) is 13.9. The lowest BCUT2D eigenvalue weighted by atomic mass is 9.96. The second-order valence-corrected chi connectivity index (χ2v) is 8.19. The summed E-state index contributed by atoms with van der Waals surface area (Å²) in [6.45, 7) is 0.513. The second kappa shape index (κ2) is 9.85. The maximum absolute atomic E-state index is 15.2. The van der Waals surface area contributed by atoms with Crippen LogP contribution in [0.2, 0.25) is 0 Å². The first-order valence-electron chi connectivity index (χ1n) is 11.3. The number of carboxylic acids is 1. The van der Waals surface area contributed by atoms with Crippen molar-refractivity contribution in [3.05, 3.63) is 65.0 Å². The predicted octanol–water partition coefficient (Wildman–Crippen LogP) is 6.11. The van der Waals surface area contributed by atoms with Crippen molar-refractivity contribution in [2.75, 3.05) is 11.5 Å². The van der Waals surface area contributed by atoms with Crippen LogP contribution in [0.15, 0.2) is 42.5 Å². The van der Waals surface area contributed by atoms with Crippen LogP contribution in [-0.2, 0) is 11.3 Å². The summed E-state index contributed by atoms with van der Waals surface area (Å²) in [5, 5.41) is 10.2. The molecule has 0 aliphatic carbocycles. The zero-order chi connectivity index (χ0) is 25.3. The minimum absolute atomic E-state index is 0.0493. The highest BCUT2D eigenvalue weighted by atomic mass is 19.3. The number of rotatable bonds is 9. The van der Waals surface area contributed by atoms with Crippen molar-refractivity contribution < 1.29 is 37.3 Å². The van der Waals surface area contributed by atoms with Gasteiger partial charge in [-0.15, -0.1) is 0 Å². The number of benzene rings is 3. The third-order valence-electron chi connectivity index (χ3n) is 6.02. The van der Waals surface area contributed by atoms with Crippen LogP contribution in [0.25, 0.3) is 10.8 Å². The number of carboxylic acid groups (broad SMARTS) is 1. The Morgan fingerprint density at radius 2 is 1.80 bits per heavy atom. The average Bonchev–Trinajstić information content (AvgIpc) is 3.15. The van der Waals surface area contributed by atoms with E-state index in [-0.39, 0.29) is 53.4 Å². The molecule has 6 nitrogen and oxygen atoms in total. The van der Waals surface area contributed by atoms with E-state index in [0.717, 1.165) is 11.0 Å². The van der Waals surface area contributed by atoms with Crippen molar-refractivity contribution >= 4 is 28.3 Å². The molecular weight excluding hydrogens is 463 g/mol. The van der Waals surface area contributed by atoms with Crippen LogP contribution in [0.3, 0.4) is 0 Å². The molecule has 1 aliphatic rings.